The Bertz CT molecular complexity index is 479. The van der Waals surface area contributed by atoms with E-state index in [1.165, 1.54) is 19.3 Å². The molecule has 0 aliphatic rings. The summed E-state index contributed by atoms with van der Waals surface area (Å²) in [4.78, 5) is 19.5. The Morgan fingerprint density at radius 2 is 1.81 bits per heavy atom. The van der Waals surface area contributed by atoms with Crippen molar-refractivity contribution in [2.75, 3.05) is 20.6 Å². The van der Waals surface area contributed by atoms with Crippen molar-refractivity contribution in [3.63, 3.8) is 0 Å². The third-order valence-electron chi connectivity index (χ3n) is 4.17. The maximum absolute atomic E-state index is 11.3. The molecule has 5 nitrogen and oxygen atoms in total. The van der Waals surface area contributed by atoms with Crippen LogP contribution in [0.25, 0.3) is 0 Å². The second kappa shape index (κ2) is 15.2. The zero-order valence-corrected chi connectivity index (χ0v) is 17.3. The lowest BCUT2D eigenvalue weighted by molar-refractivity contribution is -0.862. The highest BCUT2D eigenvalue weighted by atomic mass is 31.2. The summed E-state index contributed by atoms with van der Waals surface area (Å²) < 4.78 is 16.3. The molecule has 0 saturated heterocycles. The first-order valence-corrected chi connectivity index (χ1v) is 11.1. The lowest BCUT2D eigenvalue weighted by Gasteiger charge is -2.26. The molecule has 0 aromatic heterocycles. The van der Waals surface area contributed by atoms with E-state index in [0.29, 0.717) is 13.0 Å². The number of hydrogen-bond donors (Lipinski definition) is 3. The Hall–Kier alpha value is -0.890. The van der Waals surface area contributed by atoms with Gasteiger partial charge in [-0.3, -0.25) is 4.52 Å². The van der Waals surface area contributed by atoms with Crippen molar-refractivity contribution in [1.82, 2.24) is 0 Å². The van der Waals surface area contributed by atoms with E-state index < -0.39 is 13.9 Å². The van der Waals surface area contributed by atoms with Crippen LogP contribution < -0.4 is 4.90 Å². The molecule has 0 heterocycles. The van der Waals surface area contributed by atoms with Crippen LogP contribution in [0.1, 0.15) is 57.8 Å². The summed E-state index contributed by atoms with van der Waals surface area (Å²) in [6.45, 7) is 4.30. The number of quaternary nitrogens is 1. The Labute approximate surface area is 159 Å². The van der Waals surface area contributed by atoms with Gasteiger partial charge in [-0.1, -0.05) is 37.5 Å². The van der Waals surface area contributed by atoms with Gasteiger partial charge in [0.15, 0.2) is 0 Å². The number of rotatable bonds is 16. The Balaban J connectivity index is 4.34. The molecule has 0 aliphatic heterocycles. The third kappa shape index (κ3) is 15.4. The van der Waals surface area contributed by atoms with Crippen LogP contribution in [0, 0.1) is 18.3 Å². The minimum Gasteiger partial charge on any atom is -0.338 e. The van der Waals surface area contributed by atoms with Crippen LogP contribution in [0.4, 0.5) is 0 Å². The van der Waals surface area contributed by atoms with Crippen LogP contribution in [0.2, 0.25) is 0 Å². The first-order valence-electron chi connectivity index (χ1n) is 9.52. The highest BCUT2D eigenvalue weighted by molar-refractivity contribution is 7.46. The molecule has 0 fully saturated rings. The fourth-order valence-electron chi connectivity index (χ4n) is 2.89. The summed E-state index contributed by atoms with van der Waals surface area (Å²) in [6.07, 6.45) is 20.0. The highest BCUT2D eigenvalue weighted by Crippen LogP contribution is 2.40. The van der Waals surface area contributed by atoms with E-state index in [1.54, 1.807) is 6.08 Å². The van der Waals surface area contributed by atoms with E-state index in [2.05, 4.69) is 24.7 Å². The minimum atomic E-state index is -4.51. The number of phosphoric ester groups is 1. The average molecular weight is 386 g/mol. The topological polar surface area (TPSA) is 71.2 Å². The van der Waals surface area contributed by atoms with Gasteiger partial charge in [0.25, 0.3) is 0 Å². The van der Waals surface area contributed by atoms with E-state index >= 15 is 0 Å². The van der Waals surface area contributed by atoms with E-state index in [-0.39, 0.29) is 5.92 Å². The molecule has 6 heteroatoms. The second-order valence-electron chi connectivity index (χ2n) is 7.05. The molecule has 2 unspecified atom stereocenters. The smallest absolute Gasteiger partial charge is 0.338 e. The van der Waals surface area contributed by atoms with Crippen molar-refractivity contribution in [3.05, 3.63) is 24.8 Å². The quantitative estimate of drug-likeness (QED) is 0.165. The number of likely N-dealkylation sites (N-methyl/N-ethyl adjacent to an activating group) is 1. The van der Waals surface area contributed by atoms with Crippen molar-refractivity contribution in [3.8, 4) is 12.3 Å². The summed E-state index contributed by atoms with van der Waals surface area (Å²) in [7, 11) is -0.616. The number of phosphoric acid groups is 1. The second-order valence-corrected chi connectivity index (χ2v) is 8.24. The maximum Gasteiger partial charge on any atom is 0.470 e. The molecule has 0 aromatic rings. The van der Waals surface area contributed by atoms with Gasteiger partial charge in [-0.05, 0) is 38.0 Å². The van der Waals surface area contributed by atoms with E-state index in [9.17, 15) is 14.4 Å². The van der Waals surface area contributed by atoms with Gasteiger partial charge in [-0.15, -0.1) is 18.9 Å². The van der Waals surface area contributed by atoms with Crippen molar-refractivity contribution < 1.29 is 23.8 Å². The fraction of sp³-hybridized carbons (Fsp3) is 0.700. The summed E-state index contributed by atoms with van der Waals surface area (Å²) in [5.74, 6) is 2.67. The number of allylic oxidation sites excluding steroid dienone is 3. The molecule has 3 N–H and O–H groups in total. The third-order valence-corrected chi connectivity index (χ3v) is 4.72. The molecule has 150 valence electrons. The predicted molar refractivity (Wildman–Crippen MR) is 108 cm³/mol. The van der Waals surface area contributed by atoms with E-state index in [1.807, 2.05) is 14.1 Å². The molecule has 0 rings (SSSR count). The van der Waals surface area contributed by atoms with Crippen LogP contribution >= 0.6 is 7.82 Å². The number of terminal acetylenes is 1. The SMILES string of the molecule is C#CCCCCCCC/C=C/CC(CC=C)C(C[NH+](C)C)OP(=O)(O)O. The van der Waals surface area contributed by atoms with Gasteiger partial charge in [0.1, 0.15) is 12.6 Å². The van der Waals surface area contributed by atoms with Gasteiger partial charge < -0.3 is 14.7 Å². The standard InChI is InChI=1S/C20H36NO4P/c1-5-7-8-9-10-11-12-13-14-15-17-19(16-6-2)20(18-21(3)4)25-26(22,23)24/h1,6,14-15,19-20H,2,7-13,16-18H2,3-4H3,(H2,22,23,24)/p+1/b15-14+. The van der Waals surface area contributed by atoms with E-state index in [4.69, 9.17) is 10.9 Å². The van der Waals surface area contributed by atoms with Gasteiger partial charge in [-0.2, -0.15) is 0 Å². The molecular formula is C20H37NO4P+. The lowest BCUT2D eigenvalue weighted by Crippen LogP contribution is -3.07. The van der Waals surface area contributed by atoms with Crippen LogP contribution in [-0.2, 0) is 9.09 Å². The fourth-order valence-corrected chi connectivity index (χ4v) is 3.49. The molecule has 0 aromatic carbocycles. The largest absolute Gasteiger partial charge is 0.470 e. The minimum absolute atomic E-state index is 0.00929. The van der Waals surface area contributed by atoms with Gasteiger partial charge >= 0.3 is 7.82 Å². The summed E-state index contributed by atoms with van der Waals surface area (Å²) in [6, 6.07) is 0. The molecule has 0 amide bonds. The van der Waals surface area contributed by atoms with Gasteiger partial charge in [-0.25, -0.2) is 4.57 Å². The maximum atomic E-state index is 11.3. The summed E-state index contributed by atoms with van der Waals surface area (Å²) in [5, 5.41) is 0. The first-order chi connectivity index (χ1) is 12.3. The molecule has 0 aliphatic carbocycles. The molecule has 26 heavy (non-hydrogen) atoms. The van der Waals surface area contributed by atoms with Crippen molar-refractivity contribution >= 4 is 7.82 Å². The molecule has 0 radical (unpaired) electrons. The molecule has 0 spiro atoms. The van der Waals surface area contributed by atoms with Crippen LogP contribution in [0.3, 0.4) is 0 Å². The summed E-state index contributed by atoms with van der Waals surface area (Å²) in [5.41, 5.74) is 0. The van der Waals surface area contributed by atoms with Crippen molar-refractivity contribution in [2.24, 2.45) is 5.92 Å². The van der Waals surface area contributed by atoms with Gasteiger partial charge in [0.2, 0.25) is 0 Å². The van der Waals surface area contributed by atoms with Crippen molar-refractivity contribution in [2.45, 2.75) is 63.9 Å². The normalized spacial score (nSPS) is 14.5. The number of unbranched alkanes of at least 4 members (excludes halogenated alkanes) is 6. The van der Waals surface area contributed by atoms with Crippen LogP contribution in [-0.4, -0.2) is 36.5 Å². The lowest BCUT2D eigenvalue weighted by atomic mass is 9.94. The molecular weight excluding hydrogens is 349 g/mol. The predicted octanol–water partition coefficient (Wildman–Crippen LogP) is 3.11. The molecule has 0 bridgehead atoms. The first kappa shape index (κ1) is 25.1. The zero-order valence-electron chi connectivity index (χ0n) is 16.4. The van der Waals surface area contributed by atoms with E-state index in [0.717, 1.165) is 37.0 Å². The monoisotopic (exact) mass is 386 g/mol. The Morgan fingerprint density at radius 3 is 2.38 bits per heavy atom. The Kier molecular flexibility index (Phi) is 14.7. The van der Waals surface area contributed by atoms with Gasteiger partial charge in [0.05, 0.1) is 14.1 Å². The zero-order chi connectivity index (χ0) is 19.8. The summed E-state index contributed by atoms with van der Waals surface area (Å²) >= 11 is 0. The van der Waals surface area contributed by atoms with Gasteiger partial charge in [0, 0.05) is 6.42 Å². The molecule has 2 atom stereocenters. The highest BCUT2D eigenvalue weighted by Gasteiger charge is 2.30. The number of hydrogen-bond acceptors (Lipinski definition) is 2. The number of nitrogens with one attached hydrogen (secondary N) is 1. The van der Waals surface area contributed by atoms with Crippen LogP contribution in [0.15, 0.2) is 24.8 Å². The average Bonchev–Trinajstić information content (AvgIpc) is 2.53. The molecule has 0 saturated carbocycles. The van der Waals surface area contributed by atoms with Crippen molar-refractivity contribution in [1.29, 1.82) is 0 Å². The Morgan fingerprint density at radius 1 is 1.15 bits per heavy atom. The van der Waals surface area contributed by atoms with Crippen LogP contribution in [0.5, 0.6) is 0 Å².